The highest BCUT2D eigenvalue weighted by molar-refractivity contribution is 9.10. The minimum Gasteiger partial charge on any atom is -0.346 e. The number of aromatic nitrogens is 1. The molecule has 0 N–H and O–H groups in total. The molecule has 1 aromatic heterocycles. The van der Waals surface area contributed by atoms with Crippen molar-refractivity contribution < 1.29 is 4.79 Å². The molecule has 0 radical (unpaired) electrons. The fourth-order valence-corrected chi connectivity index (χ4v) is 2.94. The molecule has 1 aromatic carbocycles. The Balaban J connectivity index is 2.45. The third-order valence-electron chi connectivity index (χ3n) is 3.01. The maximum atomic E-state index is 10.8. The van der Waals surface area contributed by atoms with E-state index in [0.717, 1.165) is 41.1 Å². The van der Waals surface area contributed by atoms with Crippen LogP contribution in [0.15, 0.2) is 22.8 Å². The van der Waals surface area contributed by atoms with Gasteiger partial charge in [-0.2, -0.15) is 0 Å². The van der Waals surface area contributed by atoms with Crippen LogP contribution in [0.3, 0.4) is 0 Å². The summed E-state index contributed by atoms with van der Waals surface area (Å²) in [7, 11) is 0. The molecule has 0 fully saturated rings. The summed E-state index contributed by atoms with van der Waals surface area (Å²) >= 11 is 3.55. The first-order valence-corrected chi connectivity index (χ1v) is 5.85. The molecule has 0 saturated heterocycles. The standard InChI is InChI=1S/C12H10BrNO/c13-11-6-14-3-1-2-9-4-8(7-15)5-10(11)12(9)14/h4-7H,1-3H2. The van der Waals surface area contributed by atoms with Crippen molar-refractivity contribution in [2.45, 2.75) is 19.4 Å². The second kappa shape index (κ2) is 3.20. The van der Waals surface area contributed by atoms with E-state index in [1.54, 1.807) is 0 Å². The second-order valence-corrected chi connectivity index (χ2v) is 4.82. The van der Waals surface area contributed by atoms with Gasteiger partial charge in [0.15, 0.2) is 0 Å². The van der Waals surface area contributed by atoms with Crippen molar-refractivity contribution >= 4 is 33.1 Å². The number of nitrogens with zero attached hydrogens (tertiary/aromatic N) is 1. The van der Waals surface area contributed by atoms with Gasteiger partial charge in [-0.05, 0) is 46.5 Å². The number of hydrogen-bond acceptors (Lipinski definition) is 1. The zero-order valence-electron chi connectivity index (χ0n) is 8.16. The fourth-order valence-electron chi connectivity index (χ4n) is 2.39. The molecule has 76 valence electrons. The monoisotopic (exact) mass is 263 g/mol. The van der Waals surface area contributed by atoms with Crippen molar-refractivity contribution in [3.05, 3.63) is 33.9 Å². The van der Waals surface area contributed by atoms with Crippen molar-refractivity contribution in [2.75, 3.05) is 0 Å². The summed E-state index contributed by atoms with van der Waals surface area (Å²) < 4.78 is 3.36. The molecule has 0 atom stereocenters. The minimum absolute atomic E-state index is 0.776. The van der Waals surface area contributed by atoms with Crippen LogP contribution in [0.5, 0.6) is 0 Å². The fraction of sp³-hybridized carbons (Fsp3) is 0.250. The van der Waals surface area contributed by atoms with E-state index in [2.05, 4.69) is 26.7 Å². The van der Waals surface area contributed by atoms with Gasteiger partial charge in [-0.3, -0.25) is 4.79 Å². The Morgan fingerprint density at radius 2 is 2.27 bits per heavy atom. The topological polar surface area (TPSA) is 22.0 Å². The van der Waals surface area contributed by atoms with E-state index in [1.165, 1.54) is 11.1 Å². The van der Waals surface area contributed by atoms with Crippen LogP contribution in [0.2, 0.25) is 0 Å². The van der Waals surface area contributed by atoms with Crippen LogP contribution >= 0.6 is 15.9 Å². The zero-order chi connectivity index (χ0) is 10.4. The van der Waals surface area contributed by atoms with Crippen LogP contribution in [0.4, 0.5) is 0 Å². The molecule has 2 aromatic rings. The maximum Gasteiger partial charge on any atom is 0.150 e. The quantitative estimate of drug-likeness (QED) is 0.725. The molecule has 0 saturated carbocycles. The van der Waals surface area contributed by atoms with E-state index in [0.29, 0.717) is 0 Å². The Kier molecular flexibility index (Phi) is 1.96. The summed E-state index contributed by atoms with van der Waals surface area (Å²) in [6.07, 6.45) is 5.27. The van der Waals surface area contributed by atoms with Crippen molar-refractivity contribution in [1.29, 1.82) is 0 Å². The van der Waals surface area contributed by atoms with Crippen molar-refractivity contribution in [3.63, 3.8) is 0 Å². The molecule has 3 rings (SSSR count). The Hall–Kier alpha value is -1.09. The molecular weight excluding hydrogens is 254 g/mol. The average Bonchev–Trinajstić information content (AvgIpc) is 2.58. The first-order chi connectivity index (χ1) is 7.29. The molecule has 0 bridgehead atoms. The highest BCUT2D eigenvalue weighted by atomic mass is 79.9. The predicted molar refractivity (Wildman–Crippen MR) is 63.3 cm³/mol. The highest BCUT2D eigenvalue weighted by Crippen LogP contribution is 2.33. The first kappa shape index (κ1) is 9.16. The smallest absolute Gasteiger partial charge is 0.150 e. The van der Waals surface area contributed by atoms with E-state index >= 15 is 0 Å². The van der Waals surface area contributed by atoms with Gasteiger partial charge in [-0.25, -0.2) is 0 Å². The van der Waals surface area contributed by atoms with Crippen LogP contribution in [0, 0.1) is 0 Å². The minimum atomic E-state index is 0.776. The van der Waals surface area contributed by atoms with Gasteiger partial charge in [0.1, 0.15) is 6.29 Å². The lowest BCUT2D eigenvalue weighted by molar-refractivity contribution is 0.112. The van der Waals surface area contributed by atoms with Gasteiger partial charge in [0.25, 0.3) is 0 Å². The number of rotatable bonds is 1. The average molecular weight is 264 g/mol. The highest BCUT2D eigenvalue weighted by Gasteiger charge is 2.15. The molecule has 15 heavy (non-hydrogen) atoms. The SMILES string of the molecule is O=Cc1cc2c3c(c1)c(Br)cn3CCC2. The number of aryl methyl sites for hydroxylation is 2. The van der Waals surface area contributed by atoms with E-state index < -0.39 is 0 Å². The molecule has 0 aliphatic carbocycles. The molecule has 0 amide bonds. The zero-order valence-corrected chi connectivity index (χ0v) is 9.75. The number of carbonyl (C=O) groups is 1. The van der Waals surface area contributed by atoms with Crippen molar-refractivity contribution in [3.8, 4) is 0 Å². The first-order valence-electron chi connectivity index (χ1n) is 5.06. The predicted octanol–water partition coefficient (Wildman–Crippen LogP) is 3.16. The number of benzene rings is 1. The molecule has 2 heterocycles. The summed E-state index contributed by atoms with van der Waals surface area (Å²) in [5.74, 6) is 0. The summed E-state index contributed by atoms with van der Waals surface area (Å²) in [5.41, 5.74) is 3.36. The van der Waals surface area contributed by atoms with Crippen molar-refractivity contribution in [1.82, 2.24) is 4.57 Å². The lowest BCUT2D eigenvalue weighted by atomic mass is 10.0. The van der Waals surface area contributed by atoms with E-state index in [1.807, 2.05) is 12.1 Å². The Morgan fingerprint density at radius 3 is 3.07 bits per heavy atom. The molecule has 2 nitrogen and oxygen atoms in total. The molecular formula is C12H10BrNO. The molecule has 1 aliphatic rings. The van der Waals surface area contributed by atoms with Gasteiger partial charge < -0.3 is 4.57 Å². The largest absolute Gasteiger partial charge is 0.346 e. The van der Waals surface area contributed by atoms with Gasteiger partial charge >= 0.3 is 0 Å². The third-order valence-corrected chi connectivity index (χ3v) is 3.64. The van der Waals surface area contributed by atoms with E-state index in [4.69, 9.17) is 0 Å². The molecule has 1 aliphatic heterocycles. The normalized spacial score (nSPS) is 14.5. The number of hydrogen-bond donors (Lipinski definition) is 0. The van der Waals surface area contributed by atoms with Gasteiger partial charge in [0.2, 0.25) is 0 Å². The van der Waals surface area contributed by atoms with Crippen LogP contribution in [0.1, 0.15) is 22.3 Å². The third kappa shape index (κ3) is 1.26. The summed E-state index contributed by atoms with van der Waals surface area (Å²) in [6, 6.07) is 3.97. The van der Waals surface area contributed by atoms with Crippen LogP contribution < -0.4 is 0 Å². The van der Waals surface area contributed by atoms with Gasteiger partial charge in [-0.15, -0.1) is 0 Å². The summed E-state index contributed by atoms with van der Waals surface area (Å²) in [4.78, 5) is 10.8. The Labute approximate surface area is 96.0 Å². The van der Waals surface area contributed by atoms with Gasteiger partial charge in [-0.1, -0.05) is 0 Å². The van der Waals surface area contributed by atoms with E-state index in [9.17, 15) is 4.79 Å². The summed E-state index contributed by atoms with van der Waals surface area (Å²) in [6.45, 7) is 1.08. The molecule has 3 heteroatoms. The van der Waals surface area contributed by atoms with Crippen LogP contribution in [-0.2, 0) is 13.0 Å². The van der Waals surface area contributed by atoms with Crippen LogP contribution in [-0.4, -0.2) is 10.9 Å². The number of aldehydes is 1. The lowest BCUT2D eigenvalue weighted by Crippen LogP contribution is -2.06. The summed E-state index contributed by atoms with van der Waals surface area (Å²) in [5, 5.41) is 1.16. The van der Waals surface area contributed by atoms with Crippen LogP contribution in [0.25, 0.3) is 10.9 Å². The Bertz CT molecular complexity index is 556. The second-order valence-electron chi connectivity index (χ2n) is 3.97. The van der Waals surface area contributed by atoms with E-state index in [-0.39, 0.29) is 0 Å². The van der Waals surface area contributed by atoms with Crippen molar-refractivity contribution in [2.24, 2.45) is 0 Å². The Morgan fingerprint density at radius 1 is 1.40 bits per heavy atom. The maximum absolute atomic E-state index is 10.8. The van der Waals surface area contributed by atoms with Gasteiger partial charge in [0.05, 0.1) is 5.52 Å². The lowest BCUT2D eigenvalue weighted by Gasteiger charge is -2.15. The number of halogens is 1. The molecule has 0 unspecified atom stereocenters. The number of carbonyl (C=O) groups excluding carboxylic acids is 1. The molecule has 0 spiro atoms. The van der Waals surface area contributed by atoms with Gasteiger partial charge in [0, 0.05) is 28.2 Å².